The molecule has 0 radical (unpaired) electrons. The Bertz CT molecular complexity index is 977. The average molecular weight is 434 g/mol. The number of rotatable bonds is 4. The first kappa shape index (κ1) is 20.0. The molecular weight excluding hydrogens is 406 g/mol. The minimum absolute atomic E-state index is 0.123. The maximum atomic E-state index is 13.1. The van der Waals surface area contributed by atoms with Crippen molar-refractivity contribution < 1.29 is 4.79 Å². The zero-order valence-corrected chi connectivity index (χ0v) is 18.4. The first-order valence-electron chi connectivity index (χ1n) is 11.0. The quantitative estimate of drug-likeness (QED) is 0.627. The molecule has 0 aliphatic carbocycles. The molecule has 31 heavy (non-hydrogen) atoms. The SMILES string of the molecule is O=C(C1CCN(c2ccc(-c3cccs3)nn2)CC1)N1CCN(c2ccccc2)CC1. The number of aromatic nitrogens is 2. The fourth-order valence-electron chi connectivity index (χ4n) is 4.49. The summed E-state index contributed by atoms with van der Waals surface area (Å²) in [5.74, 6) is 1.35. The second-order valence-electron chi connectivity index (χ2n) is 8.16. The van der Waals surface area contributed by atoms with Crippen LogP contribution in [0.3, 0.4) is 0 Å². The molecule has 2 aromatic heterocycles. The van der Waals surface area contributed by atoms with Crippen molar-refractivity contribution >= 4 is 28.7 Å². The number of hydrogen-bond donors (Lipinski definition) is 0. The van der Waals surface area contributed by atoms with Gasteiger partial charge in [0, 0.05) is 50.9 Å². The van der Waals surface area contributed by atoms with E-state index in [1.54, 1.807) is 11.3 Å². The first-order chi connectivity index (χ1) is 15.3. The molecule has 0 spiro atoms. The van der Waals surface area contributed by atoms with Crippen molar-refractivity contribution in [3.05, 3.63) is 60.0 Å². The number of para-hydroxylation sites is 1. The molecule has 2 fully saturated rings. The highest BCUT2D eigenvalue weighted by Crippen LogP contribution is 2.27. The number of carbonyl (C=O) groups excluding carboxylic acids is 1. The summed E-state index contributed by atoms with van der Waals surface area (Å²) < 4.78 is 0. The van der Waals surface area contributed by atoms with Gasteiger partial charge >= 0.3 is 0 Å². The highest BCUT2D eigenvalue weighted by Gasteiger charge is 2.31. The summed E-state index contributed by atoms with van der Waals surface area (Å²) in [6, 6.07) is 18.6. The van der Waals surface area contributed by atoms with Crippen molar-refractivity contribution in [2.24, 2.45) is 5.92 Å². The topological polar surface area (TPSA) is 52.6 Å². The molecule has 5 rings (SSSR count). The van der Waals surface area contributed by atoms with Crippen LogP contribution in [0.4, 0.5) is 11.5 Å². The molecule has 0 atom stereocenters. The van der Waals surface area contributed by atoms with Gasteiger partial charge in [0.25, 0.3) is 0 Å². The highest BCUT2D eigenvalue weighted by molar-refractivity contribution is 7.13. The third-order valence-electron chi connectivity index (χ3n) is 6.30. The van der Waals surface area contributed by atoms with Gasteiger partial charge in [-0.1, -0.05) is 24.3 Å². The van der Waals surface area contributed by atoms with E-state index in [0.717, 1.165) is 68.5 Å². The van der Waals surface area contributed by atoms with Gasteiger partial charge in [-0.3, -0.25) is 4.79 Å². The van der Waals surface area contributed by atoms with Crippen LogP contribution in [0.1, 0.15) is 12.8 Å². The molecule has 7 heteroatoms. The van der Waals surface area contributed by atoms with Crippen molar-refractivity contribution in [2.75, 3.05) is 49.1 Å². The van der Waals surface area contributed by atoms with Crippen molar-refractivity contribution in [1.82, 2.24) is 15.1 Å². The second kappa shape index (κ2) is 9.06. The normalized spacial score (nSPS) is 17.7. The van der Waals surface area contributed by atoms with Gasteiger partial charge in [-0.25, -0.2) is 0 Å². The number of nitrogens with zero attached hydrogens (tertiary/aromatic N) is 5. The lowest BCUT2D eigenvalue weighted by atomic mass is 9.95. The summed E-state index contributed by atoms with van der Waals surface area (Å²) in [6.45, 7) is 5.13. The molecule has 0 unspecified atom stereocenters. The van der Waals surface area contributed by atoms with Crippen LogP contribution in [0.5, 0.6) is 0 Å². The monoisotopic (exact) mass is 433 g/mol. The molecule has 3 aromatic rings. The lowest BCUT2D eigenvalue weighted by Gasteiger charge is -2.39. The van der Waals surface area contributed by atoms with E-state index >= 15 is 0 Å². The highest BCUT2D eigenvalue weighted by atomic mass is 32.1. The number of thiophene rings is 1. The van der Waals surface area contributed by atoms with Crippen LogP contribution < -0.4 is 9.80 Å². The number of amides is 1. The molecule has 1 aromatic carbocycles. The molecule has 2 saturated heterocycles. The van der Waals surface area contributed by atoms with E-state index in [9.17, 15) is 4.79 Å². The van der Waals surface area contributed by atoms with Crippen molar-refractivity contribution in [2.45, 2.75) is 12.8 Å². The molecule has 6 nitrogen and oxygen atoms in total. The van der Waals surface area contributed by atoms with Gasteiger partial charge in [0.15, 0.2) is 5.82 Å². The number of anilines is 2. The van der Waals surface area contributed by atoms with Crippen LogP contribution in [0, 0.1) is 5.92 Å². The summed E-state index contributed by atoms with van der Waals surface area (Å²) in [4.78, 5) is 20.9. The standard InChI is InChI=1S/C24H27N5OS/c30-24(29-16-14-27(15-17-29)20-5-2-1-3-6-20)19-10-12-28(13-11-19)23-9-8-21(25-26-23)22-7-4-18-31-22/h1-9,18-19H,10-17H2. The number of carbonyl (C=O) groups is 1. The summed E-state index contributed by atoms with van der Waals surface area (Å²) in [5.41, 5.74) is 2.16. The Labute approximate surface area is 187 Å². The van der Waals surface area contributed by atoms with E-state index < -0.39 is 0 Å². The molecule has 0 bridgehead atoms. The largest absolute Gasteiger partial charge is 0.368 e. The van der Waals surface area contributed by atoms with E-state index in [-0.39, 0.29) is 5.92 Å². The lowest BCUT2D eigenvalue weighted by Crippen LogP contribution is -2.51. The number of piperidine rings is 1. The molecule has 4 heterocycles. The molecular formula is C24H27N5OS. The minimum Gasteiger partial charge on any atom is -0.368 e. The Morgan fingerprint density at radius 3 is 2.23 bits per heavy atom. The predicted octanol–water partition coefficient (Wildman–Crippen LogP) is 3.77. The molecule has 0 N–H and O–H groups in total. The molecule has 0 saturated carbocycles. The summed E-state index contributed by atoms with van der Waals surface area (Å²) in [7, 11) is 0. The fourth-order valence-corrected chi connectivity index (χ4v) is 5.18. The third kappa shape index (κ3) is 4.42. The van der Waals surface area contributed by atoms with Gasteiger partial charge < -0.3 is 14.7 Å². The molecule has 1 amide bonds. The van der Waals surface area contributed by atoms with Crippen LogP contribution in [0.25, 0.3) is 10.6 Å². The zero-order valence-electron chi connectivity index (χ0n) is 17.6. The predicted molar refractivity (Wildman–Crippen MR) is 126 cm³/mol. The molecule has 2 aliphatic heterocycles. The van der Waals surface area contributed by atoms with E-state index in [4.69, 9.17) is 0 Å². The van der Waals surface area contributed by atoms with Crippen molar-refractivity contribution in [1.29, 1.82) is 0 Å². The van der Waals surface area contributed by atoms with Crippen LogP contribution >= 0.6 is 11.3 Å². The maximum Gasteiger partial charge on any atom is 0.225 e. The van der Waals surface area contributed by atoms with Crippen molar-refractivity contribution in [3.63, 3.8) is 0 Å². The number of piperazine rings is 1. The van der Waals surface area contributed by atoms with Crippen molar-refractivity contribution in [3.8, 4) is 10.6 Å². The second-order valence-corrected chi connectivity index (χ2v) is 9.11. The van der Waals surface area contributed by atoms with E-state index in [1.165, 1.54) is 5.69 Å². The smallest absolute Gasteiger partial charge is 0.225 e. The Morgan fingerprint density at radius 2 is 1.58 bits per heavy atom. The summed E-state index contributed by atoms with van der Waals surface area (Å²) >= 11 is 1.67. The van der Waals surface area contributed by atoms with Gasteiger partial charge in [-0.05, 0) is 48.6 Å². The van der Waals surface area contributed by atoms with Gasteiger partial charge in [0.2, 0.25) is 5.91 Å². The van der Waals surface area contributed by atoms with Crippen LogP contribution in [-0.2, 0) is 4.79 Å². The van der Waals surface area contributed by atoms with E-state index in [1.807, 2.05) is 29.6 Å². The van der Waals surface area contributed by atoms with Crippen LogP contribution in [0.15, 0.2) is 60.0 Å². The third-order valence-corrected chi connectivity index (χ3v) is 7.20. The Balaban J connectivity index is 1.12. The first-order valence-corrected chi connectivity index (χ1v) is 11.9. The lowest BCUT2D eigenvalue weighted by molar-refractivity contribution is -0.136. The average Bonchev–Trinajstić information content (AvgIpc) is 3.40. The Kier molecular flexibility index (Phi) is 5.84. The van der Waals surface area contributed by atoms with Gasteiger partial charge in [0.1, 0.15) is 5.69 Å². The van der Waals surface area contributed by atoms with Crippen LogP contribution in [-0.4, -0.2) is 60.3 Å². The zero-order chi connectivity index (χ0) is 21.0. The number of benzene rings is 1. The van der Waals surface area contributed by atoms with Gasteiger partial charge in [0.05, 0.1) is 4.88 Å². The Hall–Kier alpha value is -2.93. The minimum atomic E-state index is 0.123. The summed E-state index contributed by atoms with van der Waals surface area (Å²) in [5, 5.41) is 10.9. The summed E-state index contributed by atoms with van der Waals surface area (Å²) in [6.07, 6.45) is 1.76. The molecule has 160 valence electrons. The maximum absolute atomic E-state index is 13.1. The fraction of sp³-hybridized carbons (Fsp3) is 0.375. The Morgan fingerprint density at radius 1 is 0.806 bits per heavy atom. The van der Waals surface area contributed by atoms with E-state index in [0.29, 0.717) is 5.91 Å². The molecule has 2 aliphatic rings. The van der Waals surface area contributed by atoms with Gasteiger partial charge in [-0.15, -0.1) is 21.5 Å². The van der Waals surface area contributed by atoms with E-state index in [2.05, 4.69) is 55.2 Å². The van der Waals surface area contributed by atoms with Crippen LogP contribution in [0.2, 0.25) is 0 Å². The number of hydrogen-bond acceptors (Lipinski definition) is 6. The van der Waals surface area contributed by atoms with Gasteiger partial charge in [-0.2, -0.15) is 0 Å².